The van der Waals surface area contributed by atoms with Crippen LogP contribution in [0.3, 0.4) is 0 Å². The van der Waals surface area contributed by atoms with Gasteiger partial charge in [0.05, 0.1) is 32.6 Å². The Morgan fingerprint density at radius 1 is 1.27 bits per heavy atom. The monoisotopic (exact) mass is 473 g/mol. The van der Waals surface area contributed by atoms with Crippen molar-refractivity contribution in [2.75, 3.05) is 25.6 Å². The number of nitrogens with one attached hydrogen (secondary N) is 2. The van der Waals surface area contributed by atoms with Crippen LogP contribution in [0.2, 0.25) is 0 Å². The van der Waals surface area contributed by atoms with E-state index in [0.29, 0.717) is 33.3 Å². The summed E-state index contributed by atoms with van der Waals surface area (Å²) in [5, 5.41) is 7.09. The highest BCUT2D eigenvalue weighted by atomic mass is 32.1. The van der Waals surface area contributed by atoms with Gasteiger partial charge in [0.25, 0.3) is 5.91 Å². The van der Waals surface area contributed by atoms with E-state index in [9.17, 15) is 18.4 Å². The predicted octanol–water partition coefficient (Wildman–Crippen LogP) is 4.04. The van der Waals surface area contributed by atoms with Gasteiger partial charge in [0.15, 0.2) is 10.8 Å². The summed E-state index contributed by atoms with van der Waals surface area (Å²) < 4.78 is 38.7. The summed E-state index contributed by atoms with van der Waals surface area (Å²) in [6, 6.07) is 8.92. The smallest absolute Gasteiger partial charge is 0.251 e. The SMILES string of the molecule is COc1cc(F)cc(-c2csc(NC(=O)CNC(=O)c3ccc4c(c3)[C@](C)(F)COC4)n2)c1. The van der Waals surface area contributed by atoms with Gasteiger partial charge in [-0.25, -0.2) is 13.8 Å². The molecule has 10 heteroatoms. The third kappa shape index (κ3) is 5.18. The first-order chi connectivity index (χ1) is 15.7. The van der Waals surface area contributed by atoms with Gasteiger partial charge in [-0.3, -0.25) is 9.59 Å². The summed E-state index contributed by atoms with van der Waals surface area (Å²) in [4.78, 5) is 29.0. The van der Waals surface area contributed by atoms with Crippen LogP contribution < -0.4 is 15.4 Å². The van der Waals surface area contributed by atoms with Gasteiger partial charge < -0.3 is 20.1 Å². The highest BCUT2D eigenvalue weighted by molar-refractivity contribution is 7.14. The number of hydrogen-bond donors (Lipinski definition) is 2. The van der Waals surface area contributed by atoms with Gasteiger partial charge >= 0.3 is 0 Å². The molecular formula is C23H21F2N3O4S. The summed E-state index contributed by atoms with van der Waals surface area (Å²) in [6.45, 7) is 1.32. The Balaban J connectivity index is 1.37. The number of methoxy groups -OCH3 is 1. The van der Waals surface area contributed by atoms with Crippen LogP contribution in [0.5, 0.6) is 5.75 Å². The minimum Gasteiger partial charge on any atom is -0.497 e. The fourth-order valence-corrected chi connectivity index (χ4v) is 4.21. The molecule has 1 aromatic heterocycles. The average Bonchev–Trinajstić information content (AvgIpc) is 3.25. The second-order valence-electron chi connectivity index (χ2n) is 7.71. The molecule has 0 aliphatic carbocycles. The first-order valence-corrected chi connectivity index (χ1v) is 10.9. The Morgan fingerprint density at radius 2 is 2.09 bits per heavy atom. The lowest BCUT2D eigenvalue weighted by atomic mass is 9.90. The lowest BCUT2D eigenvalue weighted by Gasteiger charge is -2.29. The molecule has 172 valence electrons. The minimum absolute atomic E-state index is 0.0777. The van der Waals surface area contributed by atoms with Crippen molar-refractivity contribution in [3.63, 3.8) is 0 Å². The normalized spacial score (nSPS) is 17.2. The van der Waals surface area contributed by atoms with Crippen LogP contribution in [0.4, 0.5) is 13.9 Å². The molecule has 2 heterocycles. The van der Waals surface area contributed by atoms with Crippen LogP contribution in [0.1, 0.15) is 28.4 Å². The van der Waals surface area contributed by atoms with Gasteiger partial charge in [0.2, 0.25) is 5.91 Å². The fourth-order valence-electron chi connectivity index (χ4n) is 3.48. The predicted molar refractivity (Wildman–Crippen MR) is 120 cm³/mol. The molecule has 0 unspecified atom stereocenters. The van der Waals surface area contributed by atoms with Gasteiger partial charge in [-0.05, 0) is 42.3 Å². The number of alkyl halides is 1. The zero-order valence-electron chi connectivity index (χ0n) is 17.9. The highest BCUT2D eigenvalue weighted by Gasteiger charge is 2.33. The number of thiazole rings is 1. The average molecular weight is 474 g/mol. The molecule has 1 atom stereocenters. The summed E-state index contributed by atoms with van der Waals surface area (Å²) in [5.74, 6) is -1.09. The van der Waals surface area contributed by atoms with Gasteiger partial charge in [0.1, 0.15) is 11.6 Å². The number of aromatic nitrogens is 1. The molecule has 4 rings (SSSR count). The van der Waals surface area contributed by atoms with E-state index in [4.69, 9.17) is 9.47 Å². The van der Waals surface area contributed by atoms with Crippen molar-refractivity contribution in [3.8, 4) is 17.0 Å². The van der Waals surface area contributed by atoms with Gasteiger partial charge in [-0.2, -0.15) is 0 Å². The number of amides is 2. The van der Waals surface area contributed by atoms with Crippen LogP contribution in [-0.2, 0) is 21.8 Å². The highest BCUT2D eigenvalue weighted by Crippen LogP contribution is 2.34. The first kappa shape index (κ1) is 22.8. The number of carbonyl (C=O) groups excluding carboxylic acids is 2. The molecule has 0 radical (unpaired) electrons. The number of fused-ring (bicyclic) bond motifs is 1. The van der Waals surface area contributed by atoms with Crippen LogP contribution in [0.25, 0.3) is 11.3 Å². The van der Waals surface area contributed by atoms with Crippen molar-refractivity contribution in [1.82, 2.24) is 10.3 Å². The van der Waals surface area contributed by atoms with Crippen molar-refractivity contribution in [3.05, 3.63) is 64.3 Å². The van der Waals surface area contributed by atoms with Crippen molar-refractivity contribution in [2.45, 2.75) is 19.2 Å². The number of anilines is 1. The summed E-state index contributed by atoms with van der Waals surface area (Å²) >= 11 is 1.17. The molecule has 0 fully saturated rings. The Bertz CT molecular complexity index is 1210. The van der Waals surface area contributed by atoms with E-state index in [1.54, 1.807) is 23.6 Å². The van der Waals surface area contributed by atoms with Gasteiger partial charge in [0, 0.05) is 22.6 Å². The molecule has 7 nitrogen and oxygen atoms in total. The molecule has 33 heavy (non-hydrogen) atoms. The number of benzene rings is 2. The Morgan fingerprint density at radius 3 is 2.88 bits per heavy atom. The molecule has 3 aromatic rings. The van der Waals surface area contributed by atoms with E-state index in [0.717, 1.165) is 0 Å². The molecule has 0 saturated carbocycles. The molecular weight excluding hydrogens is 452 g/mol. The number of ether oxygens (including phenoxy) is 2. The molecule has 1 aliphatic heterocycles. The lowest BCUT2D eigenvalue weighted by molar-refractivity contribution is -0.115. The maximum Gasteiger partial charge on any atom is 0.251 e. The van der Waals surface area contributed by atoms with Gasteiger partial charge in [-0.1, -0.05) is 6.07 Å². The second kappa shape index (κ2) is 9.24. The molecule has 0 bridgehead atoms. The van der Waals surface area contributed by atoms with Crippen LogP contribution in [0, 0.1) is 5.82 Å². The van der Waals surface area contributed by atoms with E-state index in [2.05, 4.69) is 15.6 Å². The standard InChI is InChI=1S/C23H21F2N3O4S/c1-23(25)12-32-10-14-4-3-13(7-18(14)23)21(30)26-9-20(29)28-22-27-19(11-33-22)15-5-16(24)8-17(6-15)31-2/h3-8,11H,9-10,12H2,1-2H3,(H,26,30)(H,27,28,29)/t23-/m1/s1. The maximum absolute atomic E-state index is 14.7. The molecule has 1 aliphatic rings. The Kier molecular flexibility index (Phi) is 6.39. The molecule has 2 aromatic carbocycles. The fraction of sp³-hybridized carbons (Fsp3) is 0.261. The Hall–Kier alpha value is -3.37. The van der Waals surface area contributed by atoms with Crippen LogP contribution in [0.15, 0.2) is 41.8 Å². The van der Waals surface area contributed by atoms with Gasteiger partial charge in [-0.15, -0.1) is 11.3 Å². The summed E-state index contributed by atoms with van der Waals surface area (Å²) in [6.07, 6.45) is 0. The number of hydrogen-bond acceptors (Lipinski definition) is 6. The quantitative estimate of drug-likeness (QED) is 0.564. The topological polar surface area (TPSA) is 89.6 Å². The molecule has 0 spiro atoms. The van der Waals surface area contributed by atoms with E-state index in [1.165, 1.54) is 43.6 Å². The third-order valence-electron chi connectivity index (χ3n) is 5.13. The number of carbonyl (C=O) groups is 2. The van der Waals surface area contributed by atoms with Crippen LogP contribution >= 0.6 is 11.3 Å². The lowest BCUT2D eigenvalue weighted by Crippen LogP contribution is -2.34. The maximum atomic E-state index is 14.7. The van der Waals surface area contributed by atoms with E-state index in [-0.39, 0.29) is 25.3 Å². The minimum atomic E-state index is -1.69. The van der Waals surface area contributed by atoms with Crippen LogP contribution in [-0.4, -0.2) is 37.1 Å². The number of nitrogens with zero attached hydrogens (tertiary/aromatic N) is 1. The molecule has 0 saturated heterocycles. The molecule has 2 amide bonds. The van der Waals surface area contributed by atoms with Crippen molar-refractivity contribution >= 4 is 28.3 Å². The Labute approximate surface area is 192 Å². The van der Waals surface area contributed by atoms with E-state index in [1.807, 2.05) is 0 Å². The van der Waals surface area contributed by atoms with Crippen molar-refractivity contribution in [2.24, 2.45) is 0 Å². The first-order valence-electron chi connectivity index (χ1n) is 10.0. The number of rotatable bonds is 6. The molecule has 2 N–H and O–H groups in total. The second-order valence-corrected chi connectivity index (χ2v) is 8.57. The third-order valence-corrected chi connectivity index (χ3v) is 5.88. The largest absolute Gasteiger partial charge is 0.497 e. The van der Waals surface area contributed by atoms with E-state index < -0.39 is 23.3 Å². The zero-order chi connectivity index (χ0) is 23.6. The van der Waals surface area contributed by atoms with Crippen molar-refractivity contribution < 1.29 is 27.8 Å². The summed E-state index contributed by atoms with van der Waals surface area (Å²) in [7, 11) is 1.44. The van der Waals surface area contributed by atoms with E-state index >= 15 is 0 Å². The number of halogens is 2. The van der Waals surface area contributed by atoms with Crippen molar-refractivity contribution in [1.29, 1.82) is 0 Å². The zero-order valence-corrected chi connectivity index (χ0v) is 18.7. The summed E-state index contributed by atoms with van der Waals surface area (Å²) in [5.41, 5.74) is 0.657.